The normalized spacial score (nSPS) is 37.9. The minimum atomic E-state index is -0.218. The molecule has 2 saturated carbocycles. The van der Waals surface area contributed by atoms with Crippen LogP contribution in [-0.2, 0) is 14.3 Å². The number of hydrogen-bond acceptors (Lipinski definition) is 4. The molecule has 3 amide bonds. The van der Waals surface area contributed by atoms with Crippen molar-refractivity contribution in [2.24, 2.45) is 35.5 Å². The Morgan fingerprint density at radius 1 is 0.964 bits per heavy atom. The Bertz CT molecular complexity index is 883. The second-order valence-corrected chi connectivity index (χ2v) is 8.62. The Labute approximate surface area is 163 Å². The average Bonchev–Trinajstić information content (AvgIpc) is 3.52. The van der Waals surface area contributed by atoms with E-state index in [4.69, 9.17) is 4.74 Å². The molecule has 0 aromatic heterocycles. The highest BCUT2D eigenvalue weighted by molar-refractivity contribution is 6.23. The van der Waals surface area contributed by atoms with Crippen LogP contribution >= 0.6 is 0 Å². The summed E-state index contributed by atoms with van der Waals surface area (Å²) in [7, 11) is 0. The van der Waals surface area contributed by atoms with Crippen LogP contribution in [0.4, 0.5) is 5.69 Å². The van der Waals surface area contributed by atoms with Crippen molar-refractivity contribution in [1.82, 2.24) is 4.90 Å². The van der Waals surface area contributed by atoms with Crippen LogP contribution in [-0.4, -0.2) is 48.9 Å². The van der Waals surface area contributed by atoms with E-state index in [9.17, 15) is 14.4 Å². The molecule has 4 fully saturated rings. The predicted molar refractivity (Wildman–Crippen MR) is 100 cm³/mol. The van der Waals surface area contributed by atoms with Gasteiger partial charge in [0.15, 0.2) is 0 Å². The number of anilines is 1. The molecule has 6 atom stereocenters. The molecule has 2 bridgehead atoms. The molecule has 28 heavy (non-hydrogen) atoms. The second kappa shape index (κ2) is 5.77. The van der Waals surface area contributed by atoms with Gasteiger partial charge in [0.05, 0.1) is 30.7 Å². The molecule has 2 heterocycles. The summed E-state index contributed by atoms with van der Waals surface area (Å²) in [5.41, 5.74) is 1.04. The molecule has 1 aromatic rings. The fourth-order valence-corrected chi connectivity index (χ4v) is 5.94. The first-order chi connectivity index (χ1) is 13.6. The molecule has 144 valence electrons. The van der Waals surface area contributed by atoms with Gasteiger partial charge in [-0.15, -0.1) is 0 Å². The van der Waals surface area contributed by atoms with Crippen LogP contribution in [0.3, 0.4) is 0 Å². The van der Waals surface area contributed by atoms with Crippen molar-refractivity contribution >= 4 is 23.4 Å². The molecule has 4 aliphatic carbocycles. The maximum absolute atomic E-state index is 13.2. The number of carbonyl (C=O) groups excluding carboxylic acids is 3. The molecular weight excluding hydrogens is 356 g/mol. The van der Waals surface area contributed by atoms with Crippen LogP contribution in [0.15, 0.2) is 36.4 Å². The topological polar surface area (TPSA) is 66.9 Å². The number of amides is 3. The van der Waals surface area contributed by atoms with E-state index in [0.717, 1.165) is 6.42 Å². The summed E-state index contributed by atoms with van der Waals surface area (Å²) < 4.78 is 5.31. The standard InChI is InChI=1S/C22H22N2O4/c25-20(23-6-8-28-9-7-23)12-2-1-3-13(10-12)24-21(26)18-14-4-5-15(17-11-16(14)17)19(18)22(24)27/h1-5,10,14-19H,6-9,11H2/t14-,15-,16-,17+,18-,19+/m0/s1. The highest BCUT2D eigenvalue weighted by atomic mass is 16.5. The minimum Gasteiger partial charge on any atom is -0.378 e. The summed E-state index contributed by atoms with van der Waals surface area (Å²) in [5.74, 6) is 0.897. The largest absolute Gasteiger partial charge is 0.378 e. The lowest BCUT2D eigenvalue weighted by molar-refractivity contribution is -0.124. The van der Waals surface area contributed by atoms with Crippen molar-refractivity contribution in [3.63, 3.8) is 0 Å². The maximum atomic E-state index is 13.2. The average molecular weight is 378 g/mol. The molecule has 1 aromatic carbocycles. The van der Waals surface area contributed by atoms with Gasteiger partial charge in [0, 0.05) is 18.7 Å². The zero-order valence-electron chi connectivity index (χ0n) is 15.5. The first-order valence-electron chi connectivity index (χ1n) is 10.2. The van der Waals surface area contributed by atoms with Gasteiger partial charge in [-0.2, -0.15) is 0 Å². The van der Waals surface area contributed by atoms with E-state index >= 15 is 0 Å². The zero-order chi connectivity index (χ0) is 19.0. The third-order valence-electron chi connectivity index (χ3n) is 7.31. The van der Waals surface area contributed by atoms with Crippen LogP contribution in [0.25, 0.3) is 0 Å². The number of morpholine rings is 1. The maximum Gasteiger partial charge on any atom is 0.254 e. The van der Waals surface area contributed by atoms with Crippen molar-refractivity contribution in [3.8, 4) is 0 Å². The molecule has 2 aliphatic heterocycles. The number of imide groups is 1. The monoisotopic (exact) mass is 378 g/mol. The second-order valence-electron chi connectivity index (χ2n) is 8.62. The van der Waals surface area contributed by atoms with Crippen LogP contribution in [0.2, 0.25) is 0 Å². The van der Waals surface area contributed by atoms with Crippen molar-refractivity contribution in [1.29, 1.82) is 0 Å². The van der Waals surface area contributed by atoms with E-state index in [0.29, 0.717) is 49.4 Å². The van der Waals surface area contributed by atoms with Gasteiger partial charge in [-0.25, -0.2) is 4.90 Å². The summed E-state index contributed by atoms with van der Waals surface area (Å²) in [6, 6.07) is 6.97. The Balaban J connectivity index is 1.31. The summed E-state index contributed by atoms with van der Waals surface area (Å²) in [5, 5.41) is 0. The summed E-state index contributed by atoms with van der Waals surface area (Å²) >= 11 is 0. The fraction of sp³-hybridized carbons (Fsp3) is 0.500. The third-order valence-corrected chi connectivity index (χ3v) is 7.31. The quantitative estimate of drug-likeness (QED) is 0.581. The molecule has 2 saturated heterocycles. The van der Waals surface area contributed by atoms with Crippen molar-refractivity contribution in [3.05, 3.63) is 42.0 Å². The van der Waals surface area contributed by atoms with E-state index in [-0.39, 0.29) is 41.4 Å². The Morgan fingerprint density at radius 2 is 1.61 bits per heavy atom. The molecule has 6 aliphatic rings. The lowest BCUT2D eigenvalue weighted by Gasteiger charge is -2.37. The lowest BCUT2D eigenvalue weighted by atomic mass is 9.63. The number of rotatable bonds is 2. The van der Waals surface area contributed by atoms with E-state index in [1.807, 2.05) is 0 Å². The van der Waals surface area contributed by atoms with Crippen molar-refractivity contribution in [2.75, 3.05) is 31.2 Å². The fourth-order valence-electron chi connectivity index (χ4n) is 5.94. The molecule has 6 nitrogen and oxygen atoms in total. The van der Waals surface area contributed by atoms with Gasteiger partial charge < -0.3 is 9.64 Å². The van der Waals surface area contributed by atoms with Crippen LogP contribution in [0.1, 0.15) is 16.8 Å². The zero-order valence-corrected chi connectivity index (χ0v) is 15.5. The van der Waals surface area contributed by atoms with Gasteiger partial charge in [0.1, 0.15) is 0 Å². The summed E-state index contributed by atoms with van der Waals surface area (Å²) in [6.45, 7) is 2.20. The molecule has 7 rings (SSSR count). The molecule has 0 radical (unpaired) electrons. The van der Waals surface area contributed by atoms with E-state index in [1.165, 1.54) is 4.90 Å². The number of hydrogen-bond donors (Lipinski definition) is 0. The smallest absolute Gasteiger partial charge is 0.254 e. The Morgan fingerprint density at radius 3 is 2.25 bits per heavy atom. The van der Waals surface area contributed by atoms with E-state index in [2.05, 4.69) is 12.2 Å². The number of benzene rings is 1. The van der Waals surface area contributed by atoms with Gasteiger partial charge in [0.2, 0.25) is 11.8 Å². The SMILES string of the molecule is O=C(c1cccc(N2C(=O)[C@@H]3[C@H]4C=C[C@@H]([C@@H]5C[C@H]45)[C@@H]3C2=O)c1)N1CCOCC1. The molecule has 0 N–H and O–H groups in total. The van der Waals surface area contributed by atoms with Gasteiger partial charge in [-0.3, -0.25) is 14.4 Å². The lowest BCUT2D eigenvalue weighted by Crippen LogP contribution is -2.40. The van der Waals surface area contributed by atoms with Gasteiger partial charge in [0.25, 0.3) is 5.91 Å². The van der Waals surface area contributed by atoms with Crippen molar-refractivity contribution < 1.29 is 19.1 Å². The Kier molecular flexibility index (Phi) is 3.39. The highest BCUT2D eigenvalue weighted by Crippen LogP contribution is 2.65. The van der Waals surface area contributed by atoms with Crippen molar-refractivity contribution in [2.45, 2.75) is 6.42 Å². The molecule has 0 unspecified atom stereocenters. The van der Waals surface area contributed by atoms with E-state index in [1.54, 1.807) is 29.2 Å². The van der Waals surface area contributed by atoms with Crippen LogP contribution < -0.4 is 4.90 Å². The summed E-state index contributed by atoms with van der Waals surface area (Å²) in [4.78, 5) is 42.4. The highest BCUT2D eigenvalue weighted by Gasteiger charge is 2.67. The number of carbonyl (C=O) groups is 3. The molecular formula is C22H22N2O4. The van der Waals surface area contributed by atoms with E-state index < -0.39 is 0 Å². The summed E-state index contributed by atoms with van der Waals surface area (Å²) in [6.07, 6.45) is 5.50. The number of nitrogens with zero attached hydrogens (tertiary/aromatic N) is 2. The third kappa shape index (κ3) is 2.15. The van der Waals surface area contributed by atoms with Crippen LogP contribution in [0, 0.1) is 35.5 Å². The predicted octanol–water partition coefficient (Wildman–Crippen LogP) is 1.72. The molecule has 6 heteroatoms. The first-order valence-corrected chi connectivity index (χ1v) is 10.2. The van der Waals surface area contributed by atoms with Gasteiger partial charge >= 0.3 is 0 Å². The van der Waals surface area contributed by atoms with Crippen LogP contribution in [0.5, 0.6) is 0 Å². The number of allylic oxidation sites excluding steroid dienone is 2. The number of ether oxygens (including phenoxy) is 1. The first kappa shape index (κ1) is 16.5. The Hall–Kier alpha value is -2.47. The minimum absolute atomic E-state index is 0.0790. The molecule has 0 spiro atoms. The van der Waals surface area contributed by atoms with Gasteiger partial charge in [-0.05, 0) is 48.3 Å². The van der Waals surface area contributed by atoms with Gasteiger partial charge in [-0.1, -0.05) is 18.2 Å².